The van der Waals surface area contributed by atoms with E-state index in [9.17, 15) is 19.5 Å². The summed E-state index contributed by atoms with van der Waals surface area (Å²) in [6.45, 7) is 0. The van der Waals surface area contributed by atoms with Crippen LogP contribution in [0.4, 0.5) is 10.5 Å². The molecule has 1 saturated heterocycles. The number of hydrogen-bond donors (Lipinski definition) is 2. The Morgan fingerprint density at radius 2 is 1.70 bits per heavy atom. The first-order valence-corrected chi connectivity index (χ1v) is 7.87. The third kappa shape index (κ3) is 3.45. The molecule has 3 rings (SSSR count). The number of nitrogens with one attached hydrogen (secondary N) is 1. The Morgan fingerprint density at radius 3 is 2.30 bits per heavy atom. The third-order valence-electron chi connectivity index (χ3n) is 3.95. The van der Waals surface area contributed by atoms with Gasteiger partial charge in [-0.05, 0) is 48.0 Å². The number of amides is 4. The zero-order valence-electron chi connectivity index (χ0n) is 14.6. The van der Waals surface area contributed by atoms with Crippen LogP contribution in [0.15, 0.2) is 48.0 Å². The highest BCUT2D eigenvalue weighted by molar-refractivity contribution is 6.39. The molecule has 1 heterocycles. The van der Waals surface area contributed by atoms with Crippen LogP contribution in [-0.4, -0.2) is 37.2 Å². The highest BCUT2D eigenvalue weighted by atomic mass is 16.5. The highest BCUT2D eigenvalue weighted by Gasteiger charge is 2.36. The van der Waals surface area contributed by atoms with Gasteiger partial charge in [-0.15, -0.1) is 0 Å². The predicted molar refractivity (Wildman–Crippen MR) is 96.7 cm³/mol. The van der Waals surface area contributed by atoms with Crippen LogP contribution in [0.25, 0.3) is 6.08 Å². The molecule has 4 amide bonds. The quantitative estimate of drug-likeness (QED) is 0.632. The van der Waals surface area contributed by atoms with Gasteiger partial charge in [0.25, 0.3) is 11.8 Å². The average molecular weight is 368 g/mol. The fourth-order valence-electron chi connectivity index (χ4n) is 2.59. The van der Waals surface area contributed by atoms with Crippen LogP contribution in [-0.2, 0) is 9.59 Å². The van der Waals surface area contributed by atoms with Crippen LogP contribution in [0.3, 0.4) is 0 Å². The summed E-state index contributed by atoms with van der Waals surface area (Å²) in [5.41, 5.74) is 0.445. The first-order chi connectivity index (χ1) is 12.9. The summed E-state index contributed by atoms with van der Waals surface area (Å²) in [6.07, 6.45) is 1.29. The fraction of sp³-hybridized carbons (Fsp3) is 0.105. The molecular formula is C19H16N2O6. The van der Waals surface area contributed by atoms with E-state index in [2.05, 4.69) is 5.32 Å². The Labute approximate surface area is 154 Å². The number of anilines is 1. The van der Waals surface area contributed by atoms with E-state index in [4.69, 9.17) is 9.47 Å². The Bertz CT molecular complexity index is 949. The number of imide groups is 2. The van der Waals surface area contributed by atoms with Crippen molar-refractivity contribution in [2.24, 2.45) is 0 Å². The summed E-state index contributed by atoms with van der Waals surface area (Å²) in [6, 6.07) is 9.82. The van der Waals surface area contributed by atoms with Gasteiger partial charge in [0.15, 0.2) is 11.5 Å². The van der Waals surface area contributed by atoms with Crippen LogP contribution in [0.2, 0.25) is 0 Å². The van der Waals surface area contributed by atoms with Crippen LogP contribution >= 0.6 is 0 Å². The molecule has 2 aromatic carbocycles. The molecule has 8 heteroatoms. The second-order valence-electron chi connectivity index (χ2n) is 5.59. The summed E-state index contributed by atoms with van der Waals surface area (Å²) in [4.78, 5) is 37.9. The van der Waals surface area contributed by atoms with Crippen molar-refractivity contribution in [2.75, 3.05) is 19.1 Å². The van der Waals surface area contributed by atoms with Crippen molar-refractivity contribution in [3.8, 4) is 17.2 Å². The monoisotopic (exact) mass is 368 g/mol. The maximum absolute atomic E-state index is 12.8. The van der Waals surface area contributed by atoms with E-state index in [1.807, 2.05) is 0 Å². The molecule has 8 nitrogen and oxygen atoms in total. The minimum Gasteiger partial charge on any atom is -0.504 e. The Hall–Kier alpha value is -3.81. The molecule has 1 fully saturated rings. The number of benzene rings is 2. The minimum atomic E-state index is -0.843. The van der Waals surface area contributed by atoms with Crippen molar-refractivity contribution in [1.82, 2.24) is 5.32 Å². The van der Waals surface area contributed by atoms with Crippen LogP contribution in [0.5, 0.6) is 17.2 Å². The van der Waals surface area contributed by atoms with Gasteiger partial charge in [-0.3, -0.25) is 14.9 Å². The zero-order chi connectivity index (χ0) is 19.6. The molecule has 2 aromatic rings. The van der Waals surface area contributed by atoms with Crippen molar-refractivity contribution in [3.05, 3.63) is 53.6 Å². The fourth-order valence-corrected chi connectivity index (χ4v) is 2.59. The van der Waals surface area contributed by atoms with Crippen molar-refractivity contribution in [3.63, 3.8) is 0 Å². The van der Waals surface area contributed by atoms with Gasteiger partial charge >= 0.3 is 6.03 Å². The van der Waals surface area contributed by atoms with Crippen molar-refractivity contribution < 1.29 is 29.0 Å². The molecule has 0 bridgehead atoms. The number of barbiturate groups is 1. The van der Waals surface area contributed by atoms with Crippen molar-refractivity contribution in [2.45, 2.75) is 0 Å². The number of carbonyl (C=O) groups is 3. The Balaban J connectivity index is 1.97. The predicted octanol–water partition coefficient (Wildman–Crippen LogP) is 2.08. The maximum Gasteiger partial charge on any atom is 0.335 e. The highest BCUT2D eigenvalue weighted by Crippen LogP contribution is 2.28. The molecule has 1 aliphatic heterocycles. The van der Waals surface area contributed by atoms with Gasteiger partial charge in [-0.2, -0.15) is 0 Å². The molecule has 0 unspecified atom stereocenters. The normalized spacial score (nSPS) is 15.7. The number of phenols is 1. The number of ether oxygens (including phenoxy) is 2. The Kier molecular flexibility index (Phi) is 4.80. The van der Waals surface area contributed by atoms with E-state index in [1.54, 1.807) is 18.2 Å². The maximum atomic E-state index is 12.8. The summed E-state index contributed by atoms with van der Waals surface area (Å²) in [7, 11) is 2.90. The molecule has 27 heavy (non-hydrogen) atoms. The Morgan fingerprint density at radius 1 is 1.00 bits per heavy atom. The molecule has 2 N–H and O–H groups in total. The lowest BCUT2D eigenvalue weighted by Gasteiger charge is -2.26. The van der Waals surface area contributed by atoms with E-state index in [0.29, 0.717) is 11.3 Å². The lowest BCUT2D eigenvalue weighted by molar-refractivity contribution is -0.122. The topological polar surface area (TPSA) is 105 Å². The molecule has 0 radical (unpaired) electrons. The van der Waals surface area contributed by atoms with Gasteiger partial charge in [0.2, 0.25) is 0 Å². The first kappa shape index (κ1) is 18.0. The molecule has 0 atom stereocenters. The number of carbonyl (C=O) groups excluding carboxylic acids is 3. The van der Waals surface area contributed by atoms with Gasteiger partial charge in [0.1, 0.15) is 11.3 Å². The lowest BCUT2D eigenvalue weighted by Crippen LogP contribution is -2.54. The van der Waals surface area contributed by atoms with Crippen LogP contribution in [0.1, 0.15) is 5.56 Å². The number of rotatable bonds is 4. The van der Waals surface area contributed by atoms with Gasteiger partial charge < -0.3 is 14.6 Å². The summed E-state index contributed by atoms with van der Waals surface area (Å²) >= 11 is 0. The molecular weight excluding hydrogens is 352 g/mol. The van der Waals surface area contributed by atoms with Crippen molar-refractivity contribution in [1.29, 1.82) is 0 Å². The average Bonchev–Trinajstić information content (AvgIpc) is 2.65. The van der Waals surface area contributed by atoms with E-state index in [1.165, 1.54) is 44.6 Å². The van der Waals surface area contributed by atoms with E-state index >= 15 is 0 Å². The second kappa shape index (κ2) is 7.20. The molecule has 0 aromatic heterocycles. The van der Waals surface area contributed by atoms with Crippen LogP contribution in [0, 0.1) is 0 Å². The summed E-state index contributed by atoms with van der Waals surface area (Å²) in [5.74, 6) is -0.913. The second-order valence-corrected chi connectivity index (χ2v) is 5.59. The molecule has 1 aliphatic rings. The zero-order valence-corrected chi connectivity index (χ0v) is 14.6. The van der Waals surface area contributed by atoms with Gasteiger partial charge in [-0.25, -0.2) is 9.69 Å². The van der Waals surface area contributed by atoms with E-state index in [-0.39, 0.29) is 22.8 Å². The molecule has 138 valence electrons. The number of methoxy groups -OCH3 is 2. The molecule has 0 aliphatic carbocycles. The molecule has 0 spiro atoms. The van der Waals surface area contributed by atoms with Gasteiger partial charge in [0.05, 0.1) is 19.9 Å². The summed E-state index contributed by atoms with van der Waals surface area (Å²) < 4.78 is 10.0. The number of phenolic OH excluding ortho intramolecular Hbond substituents is 1. The number of urea groups is 1. The van der Waals surface area contributed by atoms with Gasteiger partial charge in [0, 0.05) is 0 Å². The molecule has 0 saturated carbocycles. The number of hydrogen-bond acceptors (Lipinski definition) is 6. The van der Waals surface area contributed by atoms with E-state index in [0.717, 1.165) is 4.90 Å². The SMILES string of the molecule is COc1ccc(N2C(=O)NC(=O)/C(=C\c3ccc(OC)c(O)c3)C2=O)cc1. The standard InChI is InChI=1S/C19H16N2O6/c1-26-13-6-4-12(5-7-13)21-18(24)14(17(23)20-19(21)25)9-11-3-8-16(27-2)15(22)10-11/h3-10,22H,1-2H3,(H,20,23,25)/b14-9+. The van der Waals surface area contributed by atoms with Crippen LogP contribution < -0.4 is 19.7 Å². The minimum absolute atomic E-state index is 0.140. The third-order valence-corrected chi connectivity index (χ3v) is 3.95. The number of aromatic hydroxyl groups is 1. The lowest BCUT2D eigenvalue weighted by atomic mass is 10.1. The van der Waals surface area contributed by atoms with Crippen molar-refractivity contribution >= 4 is 29.6 Å². The summed E-state index contributed by atoms with van der Waals surface area (Å²) in [5, 5.41) is 12.0. The number of nitrogens with zero attached hydrogens (tertiary/aromatic N) is 1. The smallest absolute Gasteiger partial charge is 0.335 e. The van der Waals surface area contributed by atoms with Gasteiger partial charge in [-0.1, -0.05) is 6.07 Å². The first-order valence-electron chi connectivity index (χ1n) is 7.87. The van der Waals surface area contributed by atoms with E-state index < -0.39 is 17.8 Å². The largest absolute Gasteiger partial charge is 0.504 e.